The third-order valence-corrected chi connectivity index (χ3v) is 5.78. The van der Waals surface area contributed by atoms with E-state index < -0.39 is 31.9 Å². The molecule has 2 aromatic carbocycles. The zero-order valence-electron chi connectivity index (χ0n) is 15.7. The van der Waals surface area contributed by atoms with E-state index in [0.29, 0.717) is 22.4 Å². The van der Waals surface area contributed by atoms with Crippen LogP contribution < -0.4 is 15.1 Å². The van der Waals surface area contributed by atoms with Gasteiger partial charge in [0.1, 0.15) is 22.8 Å². The maximum absolute atomic E-state index is 12.6. The normalized spacial score (nSPS) is 11.7. The number of carbonyl (C=O) groups excluding carboxylic acids is 1. The average Bonchev–Trinajstić information content (AvgIpc) is 2.71. The molecule has 29 heavy (non-hydrogen) atoms. The van der Waals surface area contributed by atoms with Crippen LogP contribution in [0.2, 0.25) is 0 Å². The highest BCUT2D eigenvalue weighted by atomic mass is 32.2. The number of methoxy groups -OCH3 is 2. The molecule has 0 aliphatic heterocycles. The predicted octanol–water partition coefficient (Wildman–Crippen LogP) is 2.87. The lowest BCUT2D eigenvalue weighted by Crippen LogP contribution is -2.20. The fourth-order valence-corrected chi connectivity index (χ4v) is 3.86. The van der Waals surface area contributed by atoms with E-state index in [4.69, 9.17) is 13.9 Å². The molecule has 1 heterocycles. The minimum atomic E-state index is -4.17. The van der Waals surface area contributed by atoms with E-state index in [2.05, 4.69) is 0 Å². The molecule has 0 amide bonds. The molecule has 0 atom stereocenters. The number of ketones is 1. The van der Waals surface area contributed by atoms with E-state index >= 15 is 0 Å². The van der Waals surface area contributed by atoms with Gasteiger partial charge < -0.3 is 13.9 Å². The van der Waals surface area contributed by atoms with Crippen LogP contribution in [0.4, 0.5) is 0 Å². The van der Waals surface area contributed by atoms with Gasteiger partial charge in [-0.3, -0.25) is 4.79 Å². The molecule has 0 saturated heterocycles. The highest BCUT2D eigenvalue weighted by molar-refractivity contribution is 7.92. The van der Waals surface area contributed by atoms with E-state index in [1.165, 1.54) is 25.3 Å². The van der Waals surface area contributed by atoms with Gasteiger partial charge in [0.15, 0.2) is 20.5 Å². The molecule has 0 bridgehead atoms. The van der Waals surface area contributed by atoms with Gasteiger partial charge in [0, 0.05) is 11.5 Å². The van der Waals surface area contributed by atoms with Crippen LogP contribution >= 0.6 is 0 Å². The summed E-state index contributed by atoms with van der Waals surface area (Å²) in [5, 5.41) is 0.408. The lowest BCUT2D eigenvalue weighted by Gasteiger charge is -2.05. The first-order valence-corrected chi connectivity index (χ1v) is 10.2. The van der Waals surface area contributed by atoms with Gasteiger partial charge in [0.25, 0.3) is 0 Å². The van der Waals surface area contributed by atoms with Gasteiger partial charge >= 0.3 is 5.63 Å². The molecule has 0 fully saturated rings. The molecular weight excluding hydrogens is 396 g/mol. The molecule has 150 valence electrons. The van der Waals surface area contributed by atoms with Crippen LogP contribution in [0.3, 0.4) is 0 Å². The molecule has 3 rings (SSSR count). The topological polar surface area (TPSA) is 99.9 Å². The first-order chi connectivity index (χ1) is 13.8. The molecule has 0 radical (unpaired) electrons. The summed E-state index contributed by atoms with van der Waals surface area (Å²) < 4.78 is 40.3. The van der Waals surface area contributed by atoms with Crippen molar-refractivity contribution in [2.45, 2.75) is 4.90 Å². The zero-order valence-corrected chi connectivity index (χ0v) is 16.6. The molecule has 1 aromatic heterocycles. The van der Waals surface area contributed by atoms with Gasteiger partial charge in [-0.15, -0.1) is 0 Å². The average molecular weight is 414 g/mol. The van der Waals surface area contributed by atoms with Gasteiger partial charge in [-0.05, 0) is 42.0 Å². The van der Waals surface area contributed by atoms with Crippen LogP contribution in [0, 0.1) is 0 Å². The largest absolute Gasteiger partial charge is 0.497 e. The Balaban J connectivity index is 1.82. The van der Waals surface area contributed by atoms with E-state index in [1.54, 1.807) is 43.5 Å². The molecule has 7 nitrogen and oxygen atoms in total. The number of ether oxygens (including phenoxy) is 2. The van der Waals surface area contributed by atoms with Crippen LogP contribution in [0.25, 0.3) is 17.0 Å². The van der Waals surface area contributed by atoms with Gasteiger partial charge in [0.2, 0.25) is 0 Å². The molecule has 0 aliphatic rings. The van der Waals surface area contributed by atoms with Gasteiger partial charge in [-0.25, -0.2) is 13.2 Å². The number of hydrogen-bond acceptors (Lipinski definition) is 7. The number of allylic oxidation sites excluding steroid dienone is 1. The monoisotopic (exact) mass is 414 g/mol. The third-order valence-electron chi connectivity index (χ3n) is 4.16. The number of hydrogen-bond donors (Lipinski definition) is 0. The van der Waals surface area contributed by atoms with Crippen molar-refractivity contribution in [3.05, 3.63) is 70.6 Å². The Kier molecular flexibility index (Phi) is 5.84. The number of rotatable bonds is 7. The van der Waals surface area contributed by atoms with Crippen molar-refractivity contribution >= 4 is 32.7 Å². The number of fused-ring (bicyclic) bond motifs is 1. The summed E-state index contributed by atoms with van der Waals surface area (Å²) in [6.45, 7) is 0. The number of benzene rings is 2. The fraction of sp³-hybridized carbons (Fsp3) is 0.143. The minimum Gasteiger partial charge on any atom is -0.497 e. The molecular formula is C21H18O7S. The Bertz CT molecular complexity index is 1240. The quantitative estimate of drug-likeness (QED) is 0.433. The van der Waals surface area contributed by atoms with E-state index in [9.17, 15) is 18.0 Å². The summed E-state index contributed by atoms with van der Waals surface area (Å²) >= 11 is 0. The first-order valence-electron chi connectivity index (χ1n) is 8.52. The SMILES string of the molecule is COc1ccc(/C=C/C(=O)CS(=O)(=O)c2cc3ccc(OC)cc3oc2=O)cc1. The Morgan fingerprint density at radius 1 is 1.00 bits per heavy atom. The lowest BCUT2D eigenvalue weighted by atomic mass is 10.2. The molecule has 0 N–H and O–H groups in total. The molecule has 3 aromatic rings. The standard InChI is InChI=1S/C21H18O7S/c1-26-17-8-4-14(5-9-17)3-7-16(22)13-29(24,25)20-11-15-6-10-18(27-2)12-19(15)28-21(20)23/h3-12H,13H2,1-2H3/b7-3+. The second-order valence-corrected chi connectivity index (χ2v) is 8.09. The van der Waals surface area contributed by atoms with E-state index in [0.717, 1.165) is 6.08 Å². The predicted molar refractivity (Wildman–Crippen MR) is 108 cm³/mol. The fourth-order valence-electron chi connectivity index (χ4n) is 2.63. The van der Waals surface area contributed by atoms with Gasteiger partial charge in [0.05, 0.1) is 14.2 Å². The van der Waals surface area contributed by atoms with Gasteiger partial charge in [-0.2, -0.15) is 0 Å². The van der Waals surface area contributed by atoms with Gasteiger partial charge in [-0.1, -0.05) is 18.2 Å². The first kappa shape index (κ1) is 20.3. The van der Waals surface area contributed by atoms with Crippen LogP contribution in [-0.4, -0.2) is 34.2 Å². The molecule has 0 aliphatic carbocycles. The Hall–Kier alpha value is -3.39. The van der Waals surface area contributed by atoms with Crippen molar-refractivity contribution in [3.8, 4) is 11.5 Å². The molecule has 0 unspecified atom stereocenters. The zero-order chi connectivity index (χ0) is 21.0. The lowest BCUT2D eigenvalue weighted by molar-refractivity contribution is -0.112. The van der Waals surface area contributed by atoms with Crippen LogP contribution in [0.1, 0.15) is 5.56 Å². The Labute approximate surface area is 167 Å². The molecule has 0 spiro atoms. The Morgan fingerprint density at radius 3 is 2.31 bits per heavy atom. The summed E-state index contributed by atoms with van der Waals surface area (Å²) in [6.07, 6.45) is 2.65. The van der Waals surface area contributed by atoms with Crippen LogP contribution in [-0.2, 0) is 14.6 Å². The Morgan fingerprint density at radius 2 is 1.66 bits per heavy atom. The second kappa shape index (κ2) is 8.32. The van der Waals surface area contributed by atoms with Crippen LogP contribution in [0.5, 0.6) is 11.5 Å². The van der Waals surface area contributed by atoms with Crippen molar-refractivity contribution < 1.29 is 27.1 Å². The summed E-state index contributed by atoms with van der Waals surface area (Å²) in [4.78, 5) is 23.8. The third kappa shape index (κ3) is 4.72. The van der Waals surface area contributed by atoms with Crippen LogP contribution in [0.15, 0.2) is 68.7 Å². The maximum atomic E-state index is 12.6. The smallest absolute Gasteiger partial charge is 0.355 e. The summed E-state index contributed by atoms with van der Waals surface area (Å²) in [7, 11) is -1.17. The molecule has 8 heteroatoms. The highest BCUT2D eigenvalue weighted by Gasteiger charge is 2.23. The van der Waals surface area contributed by atoms with Crippen molar-refractivity contribution in [1.29, 1.82) is 0 Å². The van der Waals surface area contributed by atoms with E-state index in [1.807, 2.05) is 0 Å². The maximum Gasteiger partial charge on any atom is 0.355 e. The summed E-state index contributed by atoms with van der Waals surface area (Å²) in [6, 6.07) is 12.8. The summed E-state index contributed by atoms with van der Waals surface area (Å²) in [5.41, 5.74) is -0.132. The van der Waals surface area contributed by atoms with Crippen molar-refractivity contribution in [2.75, 3.05) is 20.0 Å². The van der Waals surface area contributed by atoms with E-state index in [-0.39, 0.29) is 5.58 Å². The number of sulfone groups is 1. The molecule has 0 saturated carbocycles. The summed E-state index contributed by atoms with van der Waals surface area (Å²) in [5.74, 6) is -0.367. The van der Waals surface area contributed by atoms with Crippen molar-refractivity contribution in [1.82, 2.24) is 0 Å². The number of carbonyl (C=O) groups is 1. The van der Waals surface area contributed by atoms with Crippen molar-refractivity contribution in [2.24, 2.45) is 0 Å². The highest BCUT2D eigenvalue weighted by Crippen LogP contribution is 2.22. The van der Waals surface area contributed by atoms with Crippen molar-refractivity contribution in [3.63, 3.8) is 0 Å². The second-order valence-electron chi connectivity index (χ2n) is 6.13. The minimum absolute atomic E-state index is 0.194.